The van der Waals surface area contributed by atoms with Gasteiger partial charge in [0.1, 0.15) is 29.4 Å². The molecule has 180 valence electrons. The molecule has 0 unspecified atom stereocenters. The standard InChI is InChI=1S/C24H28FN5O3S/c25-23-15-22(30(31)13-10-21(11-14-30)28-17-26-27-18-28)9-8-20(23)16-29-12-4-7-24(34(29,32)33)19-5-2-1-3-6-19/h1-3,5-6,8-9,15,17-18,21,24H,4,7,10-14,16H2/t21?,24-,30?/m1/s1. The number of hydroxylamine groups is 2. The fraction of sp³-hybridized carbons (Fsp3) is 0.417. The molecule has 0 amide bonds. The molecule has 2 aliphatic heterocycles. The molecule has 8 nitrogen and oxygen atoms in total. The number of aromatic nitrogens is 3. The molecular formula is C24H28FN5O3S. The summed E-state index contributed by atoms with van der Waals surface area (Å²) in [6.45, 7) is 0.993. The highest BCUT2D eigenvalue weighted by atomic mass is 32.2. The first-order chi connectivity index (χ1) is 16.4. The first-order valence-corrected chi connectivity index (χ1v) is 13.1. The number of benzene rings is 2. The van der Waals surface area contributed by atoms with Gasteiger partial charge >= 0.3 is 0 Å². The van der Waals surface area contributed by atoms with E-state index in [1.54, 1.807) is 24.8 Å². The normalized spacial score (nSPS) is 27.5. The Kier molecular flexibility index (Phi) is 6.24. The van der Waals surface area contributed by atoms with Crippen LogP contribution in [0.15, 0.2) is 61.2 Å². The molecule has 34 heavy (non-hydrogen) atoms. The lowest BCUT2D eigenvalue weighted by molar-refractivity contribution is 0.243. The summed E-state index contributed by atoms with van der Waals surface area (Å²) in [4.78, 5) is 0. The second-order valence-corrected chi connectivity index (χ2v) is 11.3. The molecule has 2 aliphatic rings. The van der Waals surface area contributed by atoms with E-state index in [0.717, 1.165) is 5.56 Å². The summed E-state index contributed by atoms with van der Waals surface area (Å²) in [5.41, 5.74) is 1.41. The largest absolute Gasteiger partial charge is 0.627 e. The summed E-state index contributed by atoms with van der Waals surface area (Å²) in [5.74, 6) is -0.538. The molecule has 2 aromatic carbocycles. The van der Waals surface area contributed by atoms with Gasteiger partial charge < -0.3 is 14.4 Å². The summed E-state index contributed by atoms with van der Waals surface area (Å²) in [5, 5.41) is 20.5. The molecular weight excluding hydrogens is 457 g/mol. The maximum absolute atomic E-state index is 15.1. The van der Waals surface area contributed by atoms with Gasteiger partial charge in [-0.15, -0.1) is 10.2 Å². The van der Waals surface area contributed by atoms with Crippen LogP contribution in [0, 0.1) is 11.0 Å². The van der Waals surface area contributed by atoms with E-state index < -0.39 is 25.7 Å². The van der Waals surface area contributed by atoms with E-state index in [9.17, 15) is 13.6 Å². The Balaban J connectivity index is 1.30. The SMILES string of the molecule is O=S1(=O)[C@@H](c2ccccc2)CCCN1Cc1ccc([N+]2([O-])CCC(n3cnnc3)CC2)cc1F. The van der Waals surface area contributed by atoms with Crippen molar-refractivity contribution < 1.29 is 12.8 Å². The number of halogens is 1. The predicted molar refractivity (Wildman–Crippen MR) is 127 cm³/mol. The quantitative estimate of drug-likeness (QED) is 0.404. The van der Waals surface area contributed by atoms with E-state index in [0.29, 0.717) is 51.0 Å². The number of piperidine rings is 1. The zero-order valence-corrected chi connectivity index (χ0v) is 19.6. The molecule has 0 N–H and O–H groups in total. The third-order valence-electron chi connectivity index (χ3n) is 7.12. The predicted octanol–water partition coefficient (Wildman–Crippen LogP) is 3.92. The Labute approximate surface area is 198 Å². The van der Waals surface area contributed by atoms with Crippen LogP contribution in [-0.4, -0.2) is 47.1 Å². The highest BCUT2D eigenvalue weighted by molar-refractivity contribution is 7.89. The Morgan fingerprint density at radius 2 is 1.74 bits per heavy atom. The molecule has 0 bridgehead atoms. The van der Waals surface area contributed by atoms with Gasteiger partial charge in [-0.1, -0.05) is 30.3 Å². The zero-order chi connectivity index (χ0) is 23.8. The van der Waals surface area contributed by atoms with Crippen molar-refractivity contribution in [3.8, 4) is 0 Å². The topological polar surface area (TPSA) is 91.2 Å². The van der Waals surface area contributed by atoms with Gasteiger partial charge in [-0.2, -0.15) is 4.31 Å². The second kappa shape index (κ2) is 9.18. The van der Waals surface area contributed by atoms with Crippen LogP contribution in [0.1, 0.15) is 48.1 Å². The van der Waals surface area contributed by atoms with Crippen molar-refractivity contribution in [3.63, 3.8) is 0 Å². The highest BCUT2D eigenvalue weighted by Crippen LogP contribution is 2.36. The first kappa shape index (κ1) is 23.1. The molecule has 0 spiro atoms. The average molecular weight is 486 g/mol. The molecule has 2 fully saturated rings. The maximum Gasteiger partial charge on any atom is 0.221 e. The van der Waals surface area contributed by atoms with Crippen LogP contribution in [0.5, 0.6) is 0 Å². The van der Waals surface area contributed by atoms with Gasteiger partial charge in [0.15, 0.2) is 0 Å². The van der Waals surface area contributed by atoms with Gasteiger partial charge in [-0.3, -0.25) is 0 Å². The van der Waals surface area contributed by atoms with Crippen molar-refractivity contribution in [1.29, 1.82) is 0 Å². The van der Waals surface area contributed by atoms with Crippen LogP contribution in [0.25, 0.3) is 0 Å². The molecule has 3 heterocycles. The van der Waals surface area contributed by atoms with Crippen LogP contribution in [-0.2, 0) is 16.6 Å². The van der Waals surface area contributed by atoms with E-state index >= 15 is 4.39 Å². The fourth-order valence-electron chi connectivity index (χ4n) is 5.12. The lowest BCUT2D eigenvalue weighted by Gasteiger charge is -2.47. The van der Waals surface area contributed by atoms with Gasteiger partial charge in [-0.05, 0) is 30.5 Å². The Morgan fingerprint density at radius 3 is 2.41 bits per heavy atom. The van der Waals surface area contributed by atoms with Crippen LogP contribution in [0.2, 0.25) is 0 Å². The Hall–Kier alpha value is -2.66. The van der Waals surface area contributed by atoms with E-state index in [4.69, 9.17) is 0 Å². The van der Waals surface area contributed by atoms with Crippen LogP contribution in [0.4, 0.5) is 10.1 Å². The summed E-state index contributed by atoms with van der Waals surface area (Å²) in [7, 11) is -3.61. The summed E-state index contributed by atoms with van der Waals surface area (Å²) in [6, 6.07) is 13.8. The van der Waals surface area contributed by atoms with Crippen molar-refractivity contribution in [2.75, 3.05) is 19.6 Å². The van der Waals surface area contributed by atoms with Crippen molar-refractivity contribution in [1.82, 2.24) is 23.7 Å². The third-order valence-corrected chi connectivity index (χ3v) is 9.38. The van der Waals surface area contributed by atoms with Crippen molar-refractivity contribution in [3.05, 3.63) is 83.3 Å². The number of sulfonamides is 1. The number of hydrogen-bond acceptors (Lipinski definition) is 5. The molecule has 1 aromatic heterocycles. The van der Waals surface area contributed by atoms with E-state index in [-0.39, 0.29) is 18.2 Å². The molecule has 0 radical (unpaired) electrons. The third kappa shape index (κ3) is 4.38. The van der Waals surface area contributed by atoms with E-state index in [2.05, 4.69) is 10.2 Å². The Bertz CT molecular complexity index is 1230. The van der Waals surface area contributed by atoms with Crippen molar-refractivity contribution in [2.45, 2.75) is 43.5 Å². The van der Waals surface area contributed by atoms with E-state index in [1.807, 2.05) is 34.9 Å². The lowest BCUT2D eigenvalue weighted by atomic mass is 10.0. The van der Waals surface area contributed by atoms with Gasteiger partial charge in [0.05, 0.1) is 13.1 Å². The molecule has 1 atom stereocenters. The number of hydrogen-bond donors (Lipinski definition) is 0. The van der Waals surface area contributed by atoms with Crippen LogP contribution in [0.3, 0.4) is 0 Å². The highest BCUT2D eigenvalue weighted by Gasteiger charge is 2.37. The van der Waals surface area contributed by atoms with Crippen molar-refractivity contribution >= 4 is 15.7 Å². The monoisotopic (exact) mass is 485 g/mol. The molecule has 0 saturated carbocycles. The first-order valence-electron chi connectivity index (χ1n) is 11.6. The van der Waals surface area contributed by atoms with Gasteiger partial charge in [-0.25, -0.2) is 12.8 Å². The average Bonchev–Trinajstić information content (AvgIpc) is 3.37. The molecule has 3 aromatic rings. The van der Waals surface area contributed by atoms with Gasteiger partial charge in [0.25, 0.3) is 0 Å². The van der Waals surface area contributed by atoms with Crippen molar-refractivity contribution in [2.24, 2.45) is 0 Å². The number of quaternary nitrogens is 1. The molecule has 0 aliphatic carbocycles. The van der Waals surface area contributed by atoms with Gasteiger partial charge in [0, 0.05) is 43.6 Å². The van der Waals surface area contributed by atoms with Gasteiger partial charge in [0.2, 0.25) is 10.0 Å². The minimum Gasteiger partial charge on any atom is -0.627 e. The zero-order valence-electron chi connectivity index (χ0n) is 18.8. The van der Waals surface area contributed by atoms with E-state index in [1.165, 1.54) is 10.4 Å². The smallest absolute Gasteiger partial charge is 0.221 e. The minimum atomic E-state index is -3.61. The lowest BCUT2D eigenvalue weighted by Crippen LogP contribution is -2.49. The summed E-state index contributed by atoms with van der Waals surface area (Å²) < 4.78 is 44.3. The molecule has 2 saturated heterocycles. The summed E-state index contributed by atoms with van der Waals surface area (Å²) >= 11 is 0. The maximum atomic E-state index is 15.1. The summed E-state index contributed by atoms with van der Waals surface area (Å²) in [6.07, 6.45) is 5.88. The van der Waals surface area contributed by atoms with Crippen LogP contribution >= 0.6 is 0 Å². The van der Waals surface area contributed by atoms with Crippen LogP contribution < -0.4 is 4.65 Å². The molecule has 10 heteroatoms. The number of rotatable bonds is 5. The minimum absolute atomic E-state index is 0.0354. The molecule has 5 rings (SSSR count). The number of nitrogens with zero attached hydrogens (tertiary/aromatic N) is 5. The fourth-order valence-corrected chi connectivity index (χ4v) is 7.15. The second-order valence-electron chi connectivity index (χ2n) is 9.17. The Morgan fingerprint density at radius 1 is 1.03 bits per heavy atom.